The monoisotopic (exact) mass is 355 g/mol. The maximum atomic E-state index is 12.1. The Balaban J connectivity index is 1.87. The van der Waals surface area contributed by atoms with Gasteiger partial charge in [0, 0.05) is 11.4 Å². The number of carbonyl (C=O) groups excluding carboxylic acids is 2. The third-order valence-corrected chi connectivity index (χ3v) is 3.60. The molecule has 26 heavy (non-hydrogen) atoms. The minimum absolute atomic E-state index is 0.0992. The molecule has 2 amide bonds. The summed E-state index contributed by atoms with van der Waals surface area (Å²) in [7, 11) is 3.67. The SMILES string of the molecule is Cc1ccc(NC(=O)CCOc2ccccc2)cc1NC(=O)CN(C)C. The first-order chi connectivity index (χ1) is 12.4. The van der Waals surface area contributed by atoms with Crippen molar-refractivity contribution in [2.24, 2.45) is 0 Å². The number of carbonyl (C=O) groups is 2. The zero-order chi connectivity index (χ0) is 18.9. The molecule has 0 unspecified atom stereocenters. The zero-order valence-corrected chi connectivity index (χ0v) is 15.4. The van der Waals surface area contributed by atoms with Gasteiger partial charge in [0.2, 0.25) is 11.8 Å². The van der Waals surface area contributed by atoms with E-state index >= 15 is 0 Å². The smallest absolute Gasteiger partial charge is 0.238 e. The van der Waals surface area contributed by atoms with Crippen LogP contribution in [0.2, 0.25) is 0 Å². The van der Waals surface area contributed by atoms with E-state index in [-0.39, 0.29) is 18.2 Å². The van der Waals surface area contributed by atoms with Crippen LogP contribution in [-0.4, -0.2) is 44.0 Å². The summed E-state index contributed by atoms with van der Waals surface area (Å²) in [6.45, 7) is 2.51. The maximum absolute atomic E-state index is 12.1. The predicted octanol–water partition coefficient (Wildman–Crippen LogP) is 2.90. The highest BCUT2D eigenvalue weighted by atomic mass is 16.5. The second-order valence-corrected chi connectivity index (χ2v) is 6.28. The molecule has 0 atom stereocenters. The molecule has 2 aromatic carbocycles. The van der Waals surface area contributed by atoms with E-state index in [0.29, 0.717) is 24.5 Å². The van der Waals surface area contributed by atoms with Crippen molar-refractivity contribution >= 4 is 23.2 Å². The van der Waals surface area contributed by atoms with Gasteiger partial charge in [0.15, 0.2) is 0 Å². The van der Waals surface area contributed by atoms with Crippen molar-refractivity contribution in [1.29, 1.82) is 0 Å². The van der Waals surface area contributed by atoms with Crippen molar-refractivity contribution in [3.05, 3.63) is 54.1 Å². The molecule has 0 radical (unpaired) electrons. The third-order valence-electron chi connectivity index (χ3n) is 3.60. The second kappa shape index (κ2) is 9.58. The van der Waals surface area contributed by atoms with Crippen LogP contribution in [0.4, 0.5) is 11.4 Å². The first-order valence-corrected chi connectivity index (χ1v) is 8.47. The highest BCUT2D eigenvalue weighted by Gasteiger charge is 2.09. The van der Waals surface area contributed by atoms with E-state index < -0.39 is 0 Å². The number of para-hydroxylation sites is 1. The molecule has 6 nitrogen and oxygen atoms in total. The van der Waals surface area contributed by atoms with E-state index in [2.05, 4.69) is 10.6 Å². The summed E-state index contributed by atoms with van der Waals surface area (Å²) in [5.74, 6) is 0.495. The van der Waals surface area contributed by atoms with Gasteiger partial charge in [-0.3, -0.25) is 9.59 Å². The fraction of sp³-hybridized carbons (Fsp3) is 0.300. The van der Waals surface area contributed by atoms with Crippen LogP contribution < -0.4 is 15.4 Å². The highest BCUT2D eigenvalue weighted by Crippen LogP contribution is 2.20. The number of rotatable bonds is 8. The molecule has 0 aliphatic heterocycles. The van der Waals surface area contributed by atoms with Crippen LogP contribution >= 0.6 is 0 Å². The summed E-state index contributed by atoms with van der Waals surface area (Å²) in [6.07, 6.45) is 0.241. The third kappa shape index (κ3) is 6.57. The highest BCUT2D eigenvalue weighted by molar-refractivity contribution is 5.95. The number of amides is 2. The summed E-state index contributed by atoms with van der Waals surface area (Å²) >= 11 is 0. The van der Waals surface area contributed by atoms with Crippen LogP contribution in [0, 0.1) is 6.92 Å². The van der Waals surface area contributed by atoms with Gasteiger partial charge in [-0.1, -0.05) is 24.3 Å². The normalized spacial score (nSPS) is 10.5. The van der Waals surface area contributed by atoms with Crippen molar-refractivity contribution in [2.75, 3.05) is 37.9 Å². The van der Waals surface area contributed by atoms with Gasteiger partial charge >= 0.3 is 0 Å². The van der Waals surface area contributed by atoms with Crippen LogP contribution in [0.3, 0.4) is 0 Å². The standard InChI is InChI=1S/C20H25N3O3/c1-15-9-10-16(13-18(15)22-20(25)14-23(2)3)21-19(24)11-12-26-17-7-5-4-6-8-17/h4-10,13H,11-12,14H2,1-3H3,(H,21,24)(H,22,25). The Morgan fingerprint density at radius 3 is 2.42 bits per heavy atom. The first kappa shape index (κ1) is 19.5. The molecular weight excluding hydrogens is 330 g/mol. The number of nitrogens with one attached hydrogen (secondary N) is 2. The van der Waals surface area contributed by atoms with Crippen molar-refractivity contribution in [1.82, 2.24) is 4.90 Å². The van der Waals surface area contributed by atoms with Gasteiger partial charge in [-0.15, -0.1) is 0 Å². The van der Waals surface area contributed by atoms with Gasteiger partial charge in [-0.25, -0.2) is 0 Å². The average Bonchev–Trinajstić information content (AvgIpc) is 2.58. The summed E-state index contributed by atoms with van der Waals surface area (Å²) in [4.78, 5) is 25.8. The lowest BCUT2D eigenvalue weighted by Gasteiger charge is -2.14. The molecule has 0 saturated heterocycles. The van der Waals surface area contributed by atoms with Gasteiger partial charge in [0.05, 0.1) is 19.6 Å². The van der Waals surface area contributed by atoms with E-state index in [9.17, 15) is 9.59 Å². The van der Waals surface area contributed by atoms with E-state index in [1.165, 1.54) is 0 Å². The lowest BCUT2D eigenvalue weighted by Crippen LogP contribution is -2.27. The van der Waals surface area contributed by atoms with Gasteiger partial charge in [-0.05, 0) is 50.8 Å². The number of hydrogen-bond donors (Lipinski definition) is 2. The fourth-order valence-electron chi connectivity index (χ4n) is 2.31. The molecule has 2 aromatic rings. The molecule has 0 bridgehead atoms. The van der Waals surface area contributed by atoms with Crippen LogP contribution in [0.1, 0.15) is 12.0 Å². The lowest BCUT2D eigenvalue weighted by atomic mass is 10.1. The molecule has 0 spiro atoms. The lowest BCUT2D eigenvalue weighted by molar-refractivity contribution is -0.117. The Labute approximate surface area is 154 Å². The fourth-order valence-corrected chi connectivity index (χ4v) is 2.31. The van der Waals surface area contributed by atoms with Crippen LogP contribution in [0.15, 0.2) is 48.5 Å². The first-order valence-electron chi connectivity index (χ1n) is 8.47. The number of anilines is 2. The van der Waals surface area contributed by atoms with Crippen LogP contribution in [-0.2, 0) is 9.59 Å². The predicted molar refractivity (Wildman–Crippen MR) is 104 cm³/mol. The number of benzene rings is 2. The largest absolute Gasteiger partial charge is 0.493 e. The minimum atomic E-state index is -0.143. The molecule has 0 aliphatic carbocycles. The Morgan fingerprint density at radius 1 is 1.00 bits per heavy atom. The summed E-state index contributed by atoms with van der Waals surface area (Å²) in [6, 6.07) is 14.8. The zero-order valence-electron chi connectivity index (χ0n) is 15.4. The number of likely N-dealkylation sites (N-methyl/N-ethyl adjacent to an activating group) is 1. The molecule has 0 fully saturated rings. The summed E-state index contributed by atoms with van der Waals surface area (Å²) < 4.78 is 5.52. The number of ether oxygens (including phenoxy) is 1. The van der Waals surface area contributed by atoms with Crippen LogP contribution in [0.5, 0.6) is 5.75 Å². The van der Waals surface area contributed by atoms with Crippen molar-refractivity contribution in [3.8, 4) is 5.75 Å². The van der Waals surface area contributed by atoms with Crippen molar-refractivity contribution < 1.29 is 14.3 Å². The van der Waals surface area contributed by atoms with Gasteiger partial charge < -0.3 is 20.3 Å². The maximum Gasteiger partial charge on any atom is 0.238 e. The van der Waals surface area contributed by atoms with Crippen LogP contribution in [0.25, 0.3) is 0 Å². The summed E-state index contributed by atoms with van der Waals surface area (Å²) in [5.41, 5.74) is 2.26. The van der Waals surface area contributed by atoms with Gasteiger partial charge in [0.1, 0.15) is 5.75 Å². The van der Waals surface area contributed by atoms with E-state index in [4.69, 9.17) is 4.74 Å². The van der Waals surface area contributed by atoms with E-state index in [1.54, 1.807) is 11.0 Å². The Morgan fingerprint density at radius 2 is 1.73 bits per heavy atom. The van der Waals surface area contributed by atoms with Crippen molar-refractivity contribution in [2.45, 2.75) is 13.3 Å². The topological polar surface area (TPSA) is 70.7 Å². The molecule has 6 heteroatoms. The molecule has 2 rings (SSSR count). The summed E-state index contributed by atoms with van der Waals surface area (Å²) in [5, 5.41) is 5.69. The molecule has 0 aromatic heterocycles. The van der Waals surface area contributed by atoms with Crippen molar-refractivity contribution in [3.63, 3.8) is 0 Å². The Bertz CT molecular complexity index is 745. The van der Waals surface area contributed by atoms with Gasteiger partial charge in [0.25, 0.3) is 0 Å². The second-order valence-electron chi connectivity index (χ2n) is 6.28. The molecule has 0 saturated carbocycles. The van der Waals surface area contributed by atoms with E-state index in [0.717, 1.165) is 11.3 Å². The Kier molecular flexibility index (Phi) is 7.17. The molecule has 2 N–H and O–H groups in total. The Hall–Kier alpha value is -2.86. The number of nitrogens with zero attached hydrogens (tertiary/aromatic N) is 1. The van der Waals surface area contributed by atoms with Gasteiger partial charge in [-0.2, -0.15) is 0 Å². The number of hydrogen-bond acceptors (Lipinski definition) is 4. The molecular formula is C20H25N3O3. The molecule has 0 aliphatic rings. The number of aryl methyl sites for hydroxylation is 1. The molecule has 0 heterocycles. The average molecular weight is 355 g/mol. The quantitative estimate of drug-likeness (QED) is 0.764. The molecule has 138 valence electrons. The van der Waals surface area contributed by atoms with E-state index in [1.807, 2.05) is 63.5 Å². The minimum Gasteiger partial charge on any atom is -0.493 e.